The van der Waals surface area contributed by atoms with Crippen molar-refractivity contribution in [3.8, 4) is 0 Å². The smallest absolute Gasteiger partial charge is 0.214 e. The average molecular weight is 333 g/mol. The van der Waals surface area contributed by atoms with Gasteiger partial charge in [0, 0.05) is 19.7 Å². The maximum Gasteiger partial charge on any atom is 0.214 e. The molecule has 2 rings (SSSR count). The van der Waals surface area contributed by atoms with Gasteiger partial charge in [-0.2, -0.15) is 4.31 Å². The molecule has 1 fully saturated rings. The lowest BCUT2D eigenvalue weighted by Crippen LogP contribution is -2.33. The molecule has 1 heterocycles. The molecule has 1 atom stereocenters. The van der Waals surface area contributed by atoms with E-state index in [9.17, 15) is 17.2 Å². The first kappa shape index (κ1) is 17.3. The van der Waals surface area contributed by atoms with Gasteiger partial charge in [0.25, 0.3) is 0 Å². The topological polar surface area (TPSA) is 46.6 Å². The van der Waals surface area contributed by atoms with Crippen LogP contribution in [0.25, 0.3) is 0 Å². The van der Waals surface area contributed by atoms with Crippen LogP contribution in [0.3, 0.4) is 0 Å². The highest BCUT2D eigenvalue weighted by Gasteiger charge is 2.24. The number of benzene rings is 1. The van der Waals surface area contributed by atoms with Crippen LogP contribution in [0.2, 0.25) is 0 Å². The Hall–Kier alpha value is -1.05. The minimum Gasteiger partial charge on any atom is -0.378 e. The molecule has 7 heteroatoms. The van der Waals surface area contributed by atoms with Crippen molar-refractivity contribution in [3.63, 3.8) is 0 Å². The summed E-state index contributed by atoms with van der Waals surface area (Å²) in [7, 11) is -3.44. The lowest BCUT2D eigenvalue weighted by molar-refractivity contribution is 0.108. The molecule has 0 N–H and O–H groups in total. The van der Waals surface area contributed by atoms with Gasteiger partial charge in [-0.3, -0.25) is 0 Å². The van der Waals surface area contributed by atoms with Gasteiger partial charge in [0.15, 0.2) is 11.6 Å². The SMILES string of the molecule is CCN(Cc1ccc(F)c(F)c1)S(=O)(=O)CCC1CCCO1. The number of ether oxygens (including phenoxy) is 1. The molecule has 0 aliphatic carbocycles. The Morgan fingerprint density at radius 2 is 2.09 bits per heavy atom. The van der Waals surface area contributed by atoms with Gasteiger partial charge in [-0.1, -0.05) is 13.0 Å². The molecule has 0 amide bonds. The Balaban J connectivity index is 2.00. The molecule has 0 saturated carbocycles. The van der Waals surface area contributed by atoms with E-state index in [2.05, 4.69) is 0 Å². The fourth-order valence-electron chi connectivity index (χ4n) is 2.53. The number of hydrogen-bond donors (Lipinski definition) is 0. The highest BCUT2D eigenvalue weighted by molar-refractivity contribution is 7.89. The van der Waals surface area contributed by atoms with Gasteiger partial charge in [-0.15, -0.1) is 0 Å². The van der Waals surface area contributed by atoms with Crippen molar-refractivity contribution < 1.29 is 21.9 Å². The standard InChI is InChI=1S/C15H21F2NO3S/c1-2-18(11-12-5-6-14(16)15(17)10-12)22(19,20)9-7-13-4-3-8-21-13/h5-6,10,13H,2-4,7-9,11H2,1H3. The summed E-state index contributed by atoms with van der Waals surface area (Å²) >= 11 is 0. The van der Waals surface area contributed by atoms with Crippen LogP contribution in [-0.4, -0.2) is 37.7 Å². The van der Waals surface area contributed by atoms with E-state index in [1.165, 1.54) is 10.4 Å². The van der Waals surface area contributed by atoms with Gasteiger partial charge < -0.3 is 4.74 Å². The molecule has 1 aliphatic heterocycles. The van der Waals surface area contributed by atoms with Crippen molar-refractivity contribution in [1.82, 2.24) is 4.31 Å². The van der Waals surface area contributed by atoms with Crippen LogP contribution in [-0.2, 0) is 21.3 Å². The van der Waals surface area contributed by atoms with E-state index in [1.807, 2.05) is 0 Å². The van der Waals surface area contributed by atoms with Gasteiger partial charge in [0.2, 0.25) is 10.0 Å². The molecule has 0 radical (unpaired) electrons. The van der Waals surface area contributed by atoms with Gasteiger partial charge in [0.05, 0.1) is 11.9 Å². The lowest BCUT2D eigenvalue weighted by atomic mass is 10.2. The Morgan fingerprint density at radius 3 is 2.68 bits per heavy atom. The highest BCUT2D eigenvalue weighted by atomic mass is 32.2. The van der Waals surface area contributed by atoms with Crippen LogP contribution in [0.15, 0.2) is 18.2 Å². The average Bonchev–Trinajstić information content (AvgIpc) is 2.99. The van der Waals surface area contributed by atoms with Crippen molar-refractivity contribution >= 4 is 10.0 Å². The number of rotatable bonds is 7. The Morgan fingerprint density at radius 1 is 1.32 bits per heavy atom. The minimum atomic E-state index is -3.44. The summed E-state index contributed by atoms with van der Waals surface area (Å²) in [5.74, 6) is -1.90. The molecule has 1 aromatic rings. The third kappa shape index (κ3) is 4.47. The highest BCUT2D eigenvalue weighted by Crippen LogP contribution is 2.18. The van der Waals surface area contributed by atoms with E-state index in [-0.39, 0.29) is 24.9 Å². The van der Waals surface area contributed by atoms with Crippen molar-refractivity contribution in [2.45, 2.75) is 38.8 Å². The Kier molecular flexibility index (Phi) is 5.88. The zero-order valence-corrected chi connectivity index (χ0v) is 13.4. The number of hydrogen-bond acceptors (Lipinski definition) is 3. The monoisotopic (exact) mass is 333 g/mol. The molecule has 1 aromatic carbocycles. The van der Waals surface area contributed by atoms with E-state index in [4.69, 9.17) is 4.74 Å². The fraction of sp³-hybridized carbons (Fsp3) is 0.600. The summed E-state index contributed by atoms with van der Waals surface area (Å²) in [4.78, 5) is 0. The van der Waals surface area contributed by atoms with Crippen LogP contribution in [0.1, 0.15) is 31.7 Å². The molecule has 4 nitrogen and oxygen atoms in total. The quantitative estimate of drug-likeness (QED) is 0.771. The maximum absolute atomic E-state index is 13.2. The zero-order chi connectivity index (χ0) is 16.2. The number of sulfonamides is 1. The zero-order valence-electron chi connectivity index (χ0n) is 12.6. The number of nitrogens with zero attached hydrogens (tertiary/aromatic N) is 1. The molecule has 124 valence electrons. The summed E-state index contributed by atoms with van der Waals surface area (Å²) in [6.45, 7) is 2.75. The van der Waals surface area contributed by atoms with Crippen LogP contribution >= 0.6 is 0 Å². The molecule has 0 aromatic heterocycles. The molecule has 22 heavy (non-hydrogen) atoms. The second-order valence-corrected chi connectivity index (χ2v) is 7.50. The third-order valence-corrected chi connectivity index (χ3v) is 5.74. The largest absolute Gasteiger partial charge is 0.378 e. The molecular weight excluding hydrogens is 312 g/mol. The lowest BCUT2D eigenvalue weighted by Gasteiger charge is -2.21. The van der Waals surface area contributed by atoms with Gasteiger partial charge >= 0.3 is 0 Å². The summed E-state index contributed by atoms with van der Waals surface area (Å²) < 4.78 is 57.6. The van der Waals surface area contributed by atoms with Crippen molar-refractivity contribution in [2.24, 2.45) is 0 Å². The minimum absolute atomic E-state index is 0.00911. The van der Waals surface area contributed by atoms with Gasteiger partial charge in [-0.05, 0) is 37.0 Å². The van der Waals surface area contributed by atoms with Gasteiger partial charge in [-0.25, -0.2) is 17.2 Å². The fourth-order valence-corrected chi connectivity index (χ4v) is 4.09. The van der Waals surface area contributed by atoms with Crippen LogP contribution < -0.4 is 0 Å². The normalized spacial score (nSPS) is 19.0. The third-order valence-electron chi connectivity index (χ3n) is 3.81. The first-order chi connectivity index (χ1) is 10.4. The van der Waals surface area contributed by atoms with E-state index >= 15 is 0 Å². The molecule has 0 bridgehead atoms. The van der Waals surface area contributed by atoms with E-state index < -0.39 is 21.7 Å². The van der Waals surface area contributed by atoms with E-state index in [0.29, 0.717) is 18.6 Å². The first-order valence-corrected chi connectivity index (χ1v) is 9.06. The number of halogens is 2. The summed E-state index contributed by atoms with van der Waals surface area (Å²) in [5.41, 5.74) is 0.432. The van der Waals surface area contributed by atoms with Crippen molar-refractivity contribution in [3.05, 3.63) is 35.4 Å². The first-order valence-electron chi connectivity index (χ1n) is 7.45. The predicted molar refractivity (Wildman–Crippen MR) is 79.8 cm³/mol. The van der Waals surface area contributed by atoms with Crippen molar-refractivity contribution in [1.29, 1.82) is 0 Å². The van der Waals surface area contributed by atoms with E-state index in [0.717, 1.165) is 25.0 Å². The Bertz CT molecular complexity index is 601. The molecular formula is C15H21F2NO3S. The Labute approximate surface area is 130 Å². The van der Waals surface area contributed by atoms with Crippen LogP contribution in [0, 0.1) is 11.6 Å². The van der Waals surface area contributed by atoms with Gasteiger partial charge in [0.1, 0.15) is 0 Å². The molecule has 1 aliphatic rings. The molecule has 1 unspecified atom stereocenters. The van der Waals surface area contributed by atoms with Crippen molar-refractivity contribution in [2.75, 3.05) is 18.9 Å². The summed E-state index contributed by atoms with van der Waals surface area (Å²) in [5, 5.41) is 0. The van der Waals surface area contributed by atoms with Crippen LogP contribution in [0.5, 0.6) is 0 Å². The second kappa shape index (κ2) is 7.48. The molecule has 1 saturated heterocycles. The second-order valence-electron chi connectivity index (χ2n) is 5.41. The summed E-state index contributed by atoms with van der Waals surface area (Å²) in [6.07, 6.45) is 2.34. The molecule has 0 spiro atoms. The maximum atomic E-state index is 13.2. The van der Waals surface area contributed by atoms with E-state index in [1.54, 1.807) is 6.92 Å². The summed E-state index contributed by atoms with van der Waals surface area (Å²) in [6, 6.07) is 3.45. The van der Waals surface area contributed by atoms with Crippen LogP contribution in [0.4, 0.5) is 8.78 Å². The predicted octanol–water partition coefficient (Wildman–Crippen LogP) is 2.69.